The summed E-state index contributed by atoms with van der Waals surface area (Å²) in [7, 11) is 0. The molecule has 0 radical (unpaired) electrons. The maximum atomic E-state index is 2.65. The molecular weight excluding hydrogens is 687 g/mol. The summed E-state index contributed by atoms with van der Waals surface area (Å²) >= 11 is 0. The summed E-state index contributed by atoms with van der Waals surface area (Å²) in [6.07, 6.45) is 12.2. The first-order valence-corrected chi connectivity index (χ1v) is 21.9. The zero-order valence-corrected chi connectivity index (χ0v) is 33.6. The number of nitrogens with zero attached hydrogens (tertiary/aromatic N) is 1. The van der Waals surface area contributed by atoms with Crippen molar-refractivity contribution in [3.05, 3.63) is 174 Å². The Hall–Kier alpha value is -5.40. The van der Waals surface area contributed by atoms with E-state index in [1.54, 1.807) is 0 Å². The van der Waals surface area contributed by atoms with Gasteiger partial charge in [0.05, 0.1) is 11.4 Å². The molecule has 0 aliphatic heterocycles. The highest BCUT2D eigenvalue weighted by Gasteiger charge is 2.42. The van der Waals surface area contributed by atoms with Crippen LogP contribution in [0.1, 0.15) is 106 Å². The standard InChI is InChI=1S/C56H53N/c1-56(2)49-25-14-24-46(39-17-8-4-9-18-39)54(49)47-33-34-51(53(55(47)56)42-19-10-5-11-20-42)57(44-31-29-40(30-32-44)48-36-37-27-28-43(48)35-37)50-26-13-22-41-21-12-23-45(52(41)50)38-15-6-3-7-16-38/h4-5,8-14,17-26,29-34,37-38,43,48H,3,6-7,15-16,27-28,35-36H2,1-2H3. The van der Waals surface area contributed by atoms with Gasteiger partial charge in [-0.15, -0.1) is 0 Å². The van der Waals surface area contributed by atoms with Gasteiger partial charge < -0.3 is 4.90 Å². The first-order valence-electron chi connectivity index (χ1n) is 21.9. The fourth-order valence-electron chi connectivity index (χ4n) is 12.1. The van der Waals surface area contributed by atoms with E-state index in [2.05, 4.69) is 170 Å². The van der Waals surface area contributed by atoms with Crippen molar-refractivity contribution in [2.45, 2.75) is 88.9 Å². The van der Waals surface area contributed by atoms with Gasteiger partial charge in [0.15, 0.2) is 0 Å². The fourth-order valence-corrected chi connectivity index (χ4v) is 12.1. The topological polar surface area (TPSA) is 3.24 Å². The molecule has 0 N–H and O–H groups in total. The molecule has 282 valence electrons. The molecule has 2 bridgehead atoms. The smallest absolute Gasteiger partial charge is 0.0543 e. The van der Waals surface area contributed by atoms with Crippen molar-refractivity contribution in [1.29, 1.82) is 0 Å². The van der Waals surface area contributed by atoms with E-state index in [1.807, 2.05) is 0 Å². The summed E-state index contributed by atoms with van der Waals surface area (Å²) in [5.74, 6) is 3.09. The van der Waals surface area contributed by atoms with E-state index in [0.717, 1.165) is 11.8 Å². The Bertz CT molecular complexity index is 2590. The minimum atomic E-state index is -0.222. The van der Waals surface area contributed by atoms with E-state index in [1.165, 1.54) is 141 Å². The van der Waals surface area contributed by atoms with Crippen LogP contribution in [-0.4, -0.2) is 0 Å². The Morgan fingerprint density at radius 1 is 0.526 bits per heavy atom. The van der Waals surface area contributed by atoms with Gasteiger partial charge in [0.2, 0.25) is 0 Å². The Morgan fingerprint density at radius 2 is 1.25 bits per heavy atom. The quantitative estimate of drug-likeness (QED) is 0.157. The lowest BCUT2D eigenvalue weighted by Gasteiger charge is -2.34. The summed E-state index contributed by atoms with van der Waals surface area (Å²) in [5, 5.41) is 2.75. The van der Waals surface area contributed by atoms with Crippen molar-refractivity contribution in [3.63, 3.8) is 0 Å². The molecule has 0 amide bonds. The van der Waals surface area contributed by atoms with Crippen LogP contribution in [0.2, 0.25) is 0 Å². The van der Waals surface area contributed by atoms with Crippen LogP contribution < -0.4 is 4.90 Å². The van der Waals surface area contributed by atoms with Gasteiger partial charge in [-0.25, -0.2) is 0 Å². The molecule has 0 saturated heterocycles. The average molecular weight is 740 g/mol. The van der Waals surface area contributed by atoms with Gasteiger partial charge in [-0.1, -0.05) is 167 Å². The number of anilines is 3. The number of rotatable bonds is 7. The molecule has 3 saturated carbocycles. The van der Waals surface area contributed by atoms with Gasteiger partial charge in [0.25, 0.3) is 0 Å². The molecule has 3 atom stereocenters. The minimum absolute atomic E-state index is 0.222. The summed E-state index contributed by atoms with van der Waals surface area (Å²) in [6.45, 7) is 4.91. The van der Waals surface area contributed by atoms with Crippen molar-refractivity contribution in [3.8, 4) is 33.4 Å². The van der Waals surface area contributed by atoms with E-state index >= 15 is 0 Å². The van der Waals surface area contributed by atoms with E-state index in [0.29, 0.717) is 11.8 Å². The molecule has 0 aromatic heterocycles. The Morgan fingerprint density at radius 3 is 1.96 bits per heavy atom. The van der Waals surface area contributed by atoms with Gasteiger partial charge in [-0.05, 0) is 135 Å². The molecule has 1 heteroatoms. The molecule has 4 aliphatic rings. The van der Waals surface area contributed by atoms with Crippen molar-refractivity contribution < 1.29 is 0 Å². The second-order valence-corrected chi connectivity index (χ2v) is 18.2. The summed E-state index contributed by atoms with van der Waals surface area (Å²) in [4.78, 5) is 2.65. The zero-order valence-electron chi connectivity index (χ0n) is 33.6. The SMILES string of the molecule is CC1(C)c2cccc(-c3ccccc3)c2-c2ccc(N(c3ccc(C4CC5CCC4C5)cc3)c3cccc4cccc(C5CCCCC5)c34)c(-c3ccccc3)c21. The lowest BCUT2D eigenvalue weighted by molar-refractivity contribution is 0.420. The number of hydrogen-bond acceptors (Lipinski definition) is 1. The minimum Gasteiger partial charge on any atom is -0.309 e. The highest BCUT2D eigenvalue weighted by molar-refractivity contribution is 6.06. The van der Waals surface area contributed by atoms with Gasteiger partial charge in [-0.3, -0.25) is 0 Å². The molecule has 0 heterocycles. The summed E-state index contributed by atoms with van der Waals surface area (Å²) in [6, 6.07) is 58.2. The van der Waals surface area contributed by atoms with Crippen molar-refractivity contribution in [2.75, 3.05) is 4.90 Å². The van der Waals surface area contributed by atoms with Gasteiger partial charge in [0.1, 0.15) is 0 Å². The molecule has 0 spiro atoms. The second kappa shape index (κ2) is 13.9. The van der Waals surface area contributed by atoms with Crippen molar-refractivity contribution in [2.24, 2.45) is 11.8 Å². The van der Waals surface area contributed by atoms with Crippen LogP contribution in [0.15, 0.2) is 152 Å². The average Bonchev–Trinajstić information content (AvgIpc) is 3.97. The molecule has 11 rings (SSSR count). The molecular formula is C56H53N. The molecule has 7 aromatic carbocycles. The van der Waals surface area contributed by atoms with Gasteiger partial charge in [-0.2, -0.15) is 0 Å². The van der Waals surface area contributed by atoms with Crippen LogP contribution in [0, 0.1) is 11.8 Å². The third kappa shape index (κ3) is 5.72. The maximum absolute atomic E-state index is 2.65. The van der Waals surface area contributed by atoms with Crippen molar-refractivity contribution in [1.82, 2.24) is 0 Å². The number of benzene rings is 7. The third-order valence-corrected chi connectivity index (χ3v) is 14.7. The predicted molar refractivity (Wildman–Crippen MR) is 241 cm³/mol. The number of hydrogen-bond donors (Lipinski definition) is 0. The molecule has 57 heavy (non-hydrogen) atoms. The van der Waals surface area contributed by atoms with Crippen LogP contribution in [-0.2, 0) is 5.41 Å². The van der Waals surface area contributed by atoms with E-state index in [-0.39, 0.29) is 5.41 Å². The normalized spacial score (nSPS) is 20.8. The van der Waals surface area contributed by atoms with Crippen LogP contribution in [0.4, 0.5) is 17.1 Å². The predicted octanol–water partition coefficient (Wildman–Crippen LogP) is 15.9. The fraction of sp³-hybridized carbons (Fsp3) is 0.286. The van der Waals surface area contributed by atoms with E-state index in [4.69, 9.17) is 0 Å². The third-order valence-electron chi connectivity index (χ3n) is 14.7. The monoisotopic (exact) mass is 739 g/mol. The van der Waals surface area contributed by atoms with Crippen LogP contribution in [0.5, 0.6) is 0 Å². The summed E-state index contributed by atoms with van der Waals surface area (Å²) in [5.41, 5.74) is 17.3. The first kappa shape index (κ1) is 34.8. The Kier molecular flexibility index (Phi) is 8.50. The number of fused-ring (bicyclic) bond motifs is 6. The van der Waals surface area contributed by atoms with Crippen LogP contribution in [0.25, 0.3) is 44.2 Å². The van der Waals surface area contributed by atoms with Gasteiger partial charge >= 0.3 is 0 Å². The lowest BCUT2D eigenvalue weighted by atomic mass is 9.78. The maximum Gasteiger partial charge on any atom is 0.0543 e. The lowest BCUT2D eigenvalue weighted by Crippen LogP contribution is -2.19. The van der Waals surface area contributed by atoms with Crippen molar-refractivity contribution >= 4 is 27.8 Å². The van der Waals surface area contributed by atoms with E-state index in [9.17, 15) is 0 Å². The highest BCUT2D eigenvalue weighted by atomic mass is 15.1. The van der Waals surface area contributed by atoms with Crippen LogP contribution in [0.3, 0.4) is 0 Å². The molecule has 4 aliphatic carbocycles. The van der Waals surface area contributed by atoms with E-state index < -0.39 is 0 Å². The molecule has 3 unspecified atom stereocenters. The van der Waals surface area contributed by atoms with Crippen LogP contribution >= 0.6 is 0 Å². The first-order chi connectivity index (χ1) is 28.0. The zero-order chi connectivity index (χ0) is 38.1. The van der Waals surface area contributed by atoms with Gasteiger partial charge in [0, 0.05) is 22.1 Å². The highest BCUT2D eigenvalue weighted by Crippen LogP contribution is 2.59. The second-order valence-electron chi connectivity index (χ2n) is 18.2. The Labute approximate surface area is 339 Å². The molecule has 3 fully saturated rings. The molecule has 1 nitrogen and oxygen atoms in total. The largest absolute Gasteiger partial charge is 0.309 e. The summed E-state index contributed by atoms with van der Waals surface area (Å²) < 4.78 is 0. The Balaban J connectivity index is 1.18. The molecule has 7 aromatic rings.